The number of para-hydroxylation sites is 3. The molecule has 0 atom stereocenters. The first-order valence-corrected chi connectivity index (χ1v) is 10.5. The molecule has 7 heteroatoms. The molecule has 2 aromatic carbocycles. The molecule has 0 saturated carbocycles. The second-order valence-electron chi connectivity index (χ2n) is 6.88. The number of fused-ring (bicyclic) bond motifs is 1. The second-order valence-corrected chi connectivity index (χ2v) is 7.94. The van der Waals surface area contributed by atoms with E-state index in [0.29, 0.717) is 12.2 Å². The summed E-state index contributed by atoms with van der Waals surface area (Å²) in [6, 6.07) is 18.0. The lowest BCUT2D eigenvalue weighted by Gasteiger charge is -2.07. The van der Waals surface area contributed by atoms with Gasteiger partial charge in [0, 0.05) is 19.2 Å². The third-order valence-corrected chi connectivity index (χ3v) is 5.89. The Morgan fingerprint density at radius 2 is 1.79 bits per heavy atom. The predicted octanol–water partition coefficient (Wildman–Crippen LogP) is 4.50. The molecule has 1 N–H and O–H groups in total. The van der Waals surface area contributed by atoms with E-state index in [2.05, 4.69) is 26.0 Å². The Hall–Kier alpha value is -3.06. The molecule has 0 unspecified atom stereocenters. The Balaban J connectivity index is 1.40. The molecule has 0 fully saturated rings. The summed E-state index contributed by atoms with van der Waals surface area (Å²) in [6.45, 7) is 3.88. The van der Waals surface area contributed by atoms with Gasteiger partial charge in [0.1, 0.15) is 0 Å². The van der Waals surface area contributed by atoms with Gasteiger partial charge in [0.25, 0.3) is 0 Å². The normalized spacial score (nSPS) is 11.1. The summed E-state index contributed by atoms with van der Waals surface area (Å²) < 4.78 is 3.93. The van der Waals surface area contributed by atoms with Crippen molar-refractivity contribution < 1.29 is 4.79 Å². The summed E-state index contributed by atoms with van der Waals surface area (Å²) in [7, 11) is 2.00. The van der Waals surface area contributed by atoms with E-state index in [-0.39, 0.29) is 5.91 Å². The molecule has 2 aromatic heterocycles. The number of aryl methyl sites for hydroxylation is 2. The molecule has 29 heavy (non-hydrogen) atoms. The maximum absolute atomic E-state index is 12.5. The fraction of sp³-hybridized carbons (Fsp3) is 0.227. The number of imidazole rings is 1. The first-order valence-electron chi connectivity index (χ1n) is 9.50. The number of thioether (sulfide) groups is 1. The third kappa shape index (κ3) is 3.91. The maximum atomic E-state index is 12.5. The quantitative estimate of drug-likeness (QED) is 0.480. The zero-order chi connectivity index (χ0) is 20.4. The molecular formula is C22H23N5OS. The van der Waals surface area contributed by atoms with E-state index in [1.807, 2.05) is 74.1 Å². The van der Waals surface area contributed by atoms with Gasteiger partial charge < -0.3 is 9.88 Å². The van der Waals surface area contributed by atoms with Crippen LogP contribution in [-0.4, -0.2) is 31.0 Å². The highest BCUT2D eigenvalue weighted by Gasteiger charge is 2.15. The van der Waals surface area contributed by atoms with E-state index >= 15 is 0 Å². The number of nitrogens with zero attached hydrogens (tertiary/aromatic N) is 4. The highest BCUT2D eigenvalue weighted by Crippen LogP contribution is 2.25. The van der Waals surface area contributed by atoms with Crippen molar-refractivity contribution in [2.45, 2.75) is 25.4 Å². The van der Waals surface area contributed by atoms with Crippen LogP contribution in [0.2, 0.25) is 0 Å². The molecule has 0 spiro atoms. The van der Waals surface area contributed by atoms with Gasteiger partial charge >= 0.3 is 0 Å². The van der Waals surface area contributed by atoms with Gasteiger partial charge in [-0.15, -0.1) is 0 Å². The minimum Gasteiger partial charge on any atom is -0.323 e. The molecule has 0 aliphatic heterocycles. The zero-order valence-corrected chi connectivity index (χ0v) is 17.5. The van der Waals surface area contributed by atoms with Crippen LogP contribution < -0.4 is 5.32 Å². The van der Waals surface area contributed by atoms with Crippen molar-refractivity contribution in [3.8, 4) is 5.69 Å². The summed E-state index contributed by atoms with van der Waals surface area (Å²) in [5.41, 5.74) is 5.56. The van der Waals surface area contributed by atoms with Crippen LogP contribution in [0.1, 0.15) is 17.8 Å². The number of anilines is 1. The number of carbonyl (C=O) groups excluding carboxylic acids is 1. The molecule has 0 saturated heterocycles. The fourth-order valence-corrected chi connectivity index (χ4v) is 4.26. The number of hydrogen-bond donors (Lipinski definition) is 1. The van der Waals surface area contributed by atoms with Gasteiger partial charge in [0.15, 0.2) is 5.16 Å². The van der Waals surface area contributed by atoms with Crippen molar-refractivity contribution >= 4 is 34.4 Å². The molecule has 0 radical (unpaired) electrons. The highest BCUT2D eigenvalue weighted by atomic mass is 32.2. The molecule has 4 aromatic rings. The zero-order valence-electron chi connectivity index (χ0n) is 16.7. The Morgan fingerprint density at radius 3 is 2.55 bits per heavy atom. The van der Waals surface area contributed by atoms with Crippen molar-refractivity contribution in [2.24, 2.45) is 7.05 Å². The monoisotopic (exact) mass is 405 g/mol. The Morgan fingerprint density at radius 1 is 1.07 bits per heavy atom. The van der Waals surface area contributed by atoms with E-state index in [1.165, 1.54) is 0 Å². The van der Waals surface area contributed by atoms with Crippen molar-refractivity contribution in [1.29, 1.82) is 0 Å². The van der Waals surface area contributed by atoms with Gasteiger partial charge in [-0.25, -0.2) is 9.67 Å². The fourth-order valence-electron chi connectivity index (χ4n) is 3.33. The number of amides is 1. The molecule has 6 nitrogen and oxygen atoms in total. The maximum Gasteiger partial charge on any atom is 0.225 e. The van der Waals surface area contributed by atoms with E-state index in [0.717, 1.165) is 39.0 Å². The molecule has 0 bridgehead atoms. The first-order chi connectivity index (χ1) is 14.0. The number of benzene rings is 2. The van der Waals surface area contributed by atoms with E-state index in [1.54, 1.807) is 11.8 Å². The molecular weight excluding hydrogens is 382 g/mol. The SMILES string of the molecule is Cc1nn(-c2ccccc2)c(C)c1NC(=O)CCSc1nc2ccccc2n1C. The van der Waals surface area contributed by atoms with Crippen LogP contribution in [0.4, 0.5) is 5.69 Å². The summed E-state index contributed by atoms with van der Waals surface area (Å²) in [5, 5.41) is 8.53. The molecule has 148 valence electrons. The number of nitrogens with one attached hydrogen (secondary N) is 1. The Labute approximate surface area is 173 Å². The van der Waals surface area contributed by atoms with Gasteiger partial charge in [0.2, 0.25) is 5.91 Å². The summed E-state index contributed by atoms with van der Waals surface area (Å²) in [5.74, 6) is 0.642. The number of carbonyl (C=O) groups is 1. The van der Waals surface area contributed by atoms with Crippen LogP contribution in [0.25, 0.3) is 16.7 Å². The van der Waals surface area contributed by atoms with E-state index in [4.69, 9.17) is 0 Å². The van der Waals surface area contributed by atoms with Gasteiger partial charge in [-0.05, 0) is 38.1 Å². The predicted molar refractivity (Wildman–Crippen MR) is 118 cm³/mol. The first kappa shape index (κ1) is 19.3. The number of rotatable bonds is 6. The molecule has 2 heterocycles. The average molecular weight is 406 g/mol. The van der Waals surface area contributed by atoms with Crippen LogP contribution >= 0.6 is 11.8 Å². The van der Waals surface area contributed by atoms with E-state index < -0.39 is 0 Å². The lowest BCUT2D eigenvalue weighted by atomic mass is 10.3. The molecule has 1 amide bonds. The minimum atomic E-state index is -0.0184. The number of aromatic nitrogens is 4. The van der Waals surface area contributed by atoms with Gasteiger partial charge in [0.05, 0.1) is 33.8 Å². The number of hydrogen-bond acceptors (Lipinski definition) is 4. The molecule has 0 aliphatic carbocycles. The van der Waals surface area contributed by atoms with Crippen molar-refractivity contribution in [2.75, 3.05) is 11.1 Å². The summed E-state index contributed by atoms with van der Waals surface area (Å²) >= 11 is 1.59. The van der Waals surface area contributed by atoms with E-state index in [9.17, 15) is 4.79 Å². The van der Waals surface area contributed by atoms with Gasteiger partial charge in [-0.2, -0.15) is 5.10 Å². The second kappa shape index (κ2) is 8.13. The van der Waals surface area contributed by atoms with Crippen LogP contribution in [0.5, 0.6) is 0 Å². The van der Waals surface area contributed by atoms with Crippen LogP contribution in [-0.2, 0) is 11.8 Å². The van der Waals surface area contributed by atoms with Crippen molar-refractivity contribution in [3.63, 3.8) is 0 Å². The smallest absolute Gasteiger partial charge is 0.225 e. The summed E-state index contributed by atoms with van der Waals surface area (Å²) in [6.07, 6.45) is 0.406. The van der Waals surface area contributed by atoms with Gasteiger partial charge in [-0.3, -0.25) is 4.79 Å². The van der Waals surface area contributed by atoms with Crippen LogP contribution in [0.3, 0.4) is 0 Å². The largest absolute Gasteiger partial charge is 0.323 e. The Kier molecular flexibility index (Phi) is 5.40. The van der Waals surface area contributed by atoms with Crippen molar-refractivity contribution in [1.82, 2.24) is 19.3 Å². The minimum absolute atomic E-state index is 0.0184. The molecule has 4 rings (SSSR count). The lowest BCUT2D eigenvalue weighted by Crippen LogP contribution is -2.13. The third-order valence-electron chi connectivity index (χ3n) is 4.86. The Bertz CT molecular complexity index is 1160. The standard InChI is InChI=1S/C22H23N5OS/c1-15-21(16(2)27(25-15)17-9-5-4-6-10-17)24-20(28)13-14-29-22-23-18-11-7-8-12-19(18)26(22)3/h4-12H,13-14H2,1-3H3,(H,24,28). The van der Waals surface area contributed by atoms with Crippen molar-refractivity contribution in [3.05, 3.63) is 66.0 Å². The summed E-state index contributed by atoms with van der Waals surface area (Å²) in [4.78, 5) is 17.2. The average Bonchev–Trinajstić information content (AvgIpc) is 3.20. The highest BCUT2D eigenvalue weighted by molar-refractivity contribution is 7.99. The lowest BCUT2D eigenvalue weighted by molar-refractivity contribution is -0.115. The molecule has 0 aliphatic rings. The van der Waals surface area contributed by atoms with Crippen LogP contribution in [0.15, 0.2) is 59.8 Å². The topological polar surface area (TPSA) is 64.7 Å². The van der Waals surface area contributed by atoms with Crippen LogP contribution in [0, 0.1) is 13.8 Å². The van der Waals surface area contributed by atoms with Gasteiger partial charge in [-0.1, -0.05) is 42.1 Å².